The molecule has 1 heteroatoms. The molecule has 1 aliphatic rings. The summed E-state index contributed by atoms with van der Waals surface area (Å²) in [5, 5.41) is 0. The maximum Gasteiger partial charge on any atom is 0.0115 e. The van der Waals surface area contributed by atoms with Gasteiger partial charge in [0.25, 0.3) is 0 Å². The first kappa shape index (κ1) is 7.07. The predicted octanol–water partition coefficient (Wildman–Crippen LogP) is 2.04. The maximum atomic E-state index is 3.99. The lowest BCUT2D eigenvalue weighted by molar-refractivity contribution is 0.160. The average molecular weight is 126 g/mol. The molecular weight excluding hydrogens is 110 g/mol. The van der Waals surface area contributed by atoms with Gasteiger partial charge in [0, 0.05) is 19.1 Å². The van der Waals surface area contributed by atoms with Crippen LogP contribution in [0.5, 0.6) is 0 Å². The van der Waals surface area contributed by atoms with Crippen LogP contribution in [0.15, 0.2) is 0 Å². The molecule has 2 atom stereocenters. The highest BCUT2D eigenvalue weighted by Gasteiger charge is 2.19. The van der Waals surface area contributed by atoms with Crippen LogP contribution >= 0.6 is 0 Å². The molecule has 0 aliphatic carbocycles. The van der Waals surface area contributed by atoms with Crippen molar-refractivity contribution in [1.29, 1.82) is 0 Å². The Morgan fingerprint density at radius 1 is 1.22 bits per heavy atom. The molecule has 0 bridgehead atoms. The van der Waals surface area contributed by atoms with E-state index in [1.807, 2.05) is 0 Å². The van der Waals surface area contributed by atoms with Crippen LogP contribution in [0.4, 0.5) is 0 Å². The summed E-state index contributed by atoms with van der Waals surface area (Å²) in [6.07, 6.45) is 4.04. The van der Waals surface area contributed by atoms with Gasteiger partial charge in [-0.2, -0.15) is 0 Å². The van der Waals surface area contributed by atoms with Crippen LogP contribution in [0.1, 0.15) is 33.1 Å². The number of hydrogen-bond acceptors (Lipinski definition) is 1. The molecule has 1 radical (unpaired) electrons. The second-order valence-corrected chi connectivity index (χ2v) is 3.14. The molecule has 9 heavy (non-hydrogen) atoms. The minimum Gasteiger partial charge on any atom is -0.297 e. The normalized spacial score (nSPS) is 39.0. The van der Waals surface area contributed by atoms with Gasteiger partial charge in [0.15, 0.2) is 0 Å². The van der Waals surface area contributed by atoms with Crippen LogP contribution in [-0.4, -0.2) is 17.0 Å². The third kappa shape index (κ3) is 1.45. The SMILES string of the molecule is [CH2]N1C(C)CCCC1C. The summed E-state index contributed by atoms with van der Waals surface area (Å²) in [7, 11) is 3.99. The van der Waals surface area contributed by atoms with Crippen LogP contribution in [-0.2, 0) is 0 Å². The van der Waals surface area contributed by atoms with Gasteiger partial charge in [-0.15, -0.1) is 0 Å². The first-order valence-electron chi connectivity index (χ1n) is 3.80. The molecule has 1 saturated heterocycles. The molecular formula is C8H16N. The van der Waals surface area contributed by atoms with Gasteiger partial charge in [-0.05, 0) is 26.7 Å². The lowest BCUT2D eigenvalue weighted by Gasteiger charge is -2.35. The number of likely N-dealkylation sites (tertiary alicyclic amines) is 1. The second-order valence-electron chi connectivity index (χ2n) is 3.14. The van der Waals surface area contributed by atoms with Gasteiger partial charge in [0.1, 0.15) is 0 Å². The summed E-state index contributed by atoms with van der Waals surface area (Å²) in [4.78, 5) is 2.23. The molecule has 1 rings (SSSR count). The molecule has 1 aliphatic heterocycles. The lowest BCUT2D eigenvalue weighted by atomic mass is 9.99. The third-order valence-corrected chi connectivity index (χ3v) is 2.38. The van der Waals surface area contributed by atoms with E-state index in [9.17, 15) is 0 Å². The molecule has 0 saturated carbocycles. The Kier molecular flexibility index (Phi) is 2.12. The zero-order valence-electron chi connectivity index (χ0n) is 6.43. The van der Waals surface area contributed by atoms with E-state index in [1.54, 1.807) is 0 Å². The van der Waals surface area contributed by atoms with Gasteiger partial charge >= 0.3 is 0 Å². The van der Waals surface area contributed by atoms with Crippen molar-refractivity contribution in [2.45, 2.75) is 45.2 Å². The molecule has 0 aromatic heterocycles. The van der Waals surface area contributed by atoms with E-state index in [0.717, 1.165) is 0 Å². The van der Waals surface area contributed by atoms with Crippen LogP contribution < -0.4 is 0 Å². The molecule has 0 aromatic rings. The van der Waals surface area contributed by atoms with E-state index < -0.39 is 0 Å². The third-order valence-electron chi connectivity index (χ3n) is 2.38. The Hall–Kier alpha value is -0.0400. The van der Waals surface area contributed by atoms with E-state index in [1.165, 1.54) is 19.3 Å². The van der Waals surface area contributed by atoms with Gasteiger partial charge in [-0.3, -0.25) is 4.90 Å². The average Bonchev–Trinajstić information content (AvgIpc) is 1.83. The summed E-state index contributed by atoms with van der Waals surface area (Å²) >= 11 is 0. The van der Waals surface area contributed by atoms with Crippen molar-refractivity contribution in [1.82, 2.24) is 4.90 Å². The zero-order valence-corrected chi connectivity index (χ0v) is 6.43. The Balaban J connectivity index is 2.41. The van der Waals surface area contributed by atoms with E-state index in [4.69, 9.17) is 0 Å². The minimum atomic E-state index is 0.703. The molecule has 1 heterocycles. The maximum absolute atomic E-state index is 3.99. The number of piperidine rings is 1. The summed E-state index contributed by atoms with van der Waals surface area (Å²) in [5.74, 6) is 0. The zero-order chi connectivity index (χ0) is 6.85. The molecule has 0 N–H and O–H groups in total. The molecule has 1 nitrogen and oxygen atoms in total. The number of nitrogens with zero attached hydrogens (tertiary/aromatic N) is 1. The van der Waals surface area contributed by atoms with Crippen LogP contribution in [0.2, 0.25) is 0 Å². The standard InChI is InChI=1S/C8H16N/c1-7-5-4-6-8(2)9(7)3/h7-8H,3-6H2,1-2H3. The van der Waals surface area contributed by atoms with Crippen molar-refractivity contribution in [2.24, 2.45) is 0 Å². The Labute approximate surface area is 58.0 Å². The molecule has 0 aromatic carbocycles. The van der Waals surface area contributed by atoms with Crippen molar-refractivity contribution in [3.05, 3.63) is 7.05 Å². The monoisotopic (exact) mass is 126 g/mol. The number of rotatable bonds is 0. The minimum absolute atomic E-state index is 0.703. The van der Waals surface area contributed by atoms with Gasteiger partial charge in [-0.1, -0.05) is 6.42 Å². The first-order chi connectivity index (χ1) is 4.22. The van der Waals surface area contributed by atoms with Crippen molar-refractivity contribution in [2.75, 3.05) is 0 Å². The summed E-state index contributed by atoms with van der Waals surface area (Å²) in [6.45, 7) is 4.51. The highest BCUT2D eigenvalue weighted by atomic mass is 15.2. The van der Waals surface area contributed by atoms with Crippen molar-refractivity contribution < 1.29 is 0 Å². The summed E-state index contributed by atoms with van der Waals surface area (Å²) in [5.41, 5.74) is 0. The highest BCUT2D eigenvalue weighted by molar-refractivity contribution is 4.78. The van der Waals surface area contributed by atoms with Crippen molar-refractivity contribution in [3.8, 4) is 0 Å². The smallest absolute Gasteiger partial charge is 0.0115 e. The van der Waals surface area contributed by atoms with Crippen molar-refractivity contribution >= 4 is 0 Å². The largest absolute Gasteiger partial charge is 0.297 e. The van der Waals surface area contributed by atoms with Crippen LogP contribution in [0.3, 0.4) is 0 Å². The lowest BCUT2D eigenvalue weighted by Crippen LogP contribution is -2.38. The predicted molar refractivity (Wildman–Crippen MR) is 40.0 cm³/mol. The Morgan fingerprint density at radius 2 is 1.67 bits per heavy atom. The molecule has 1 fully saturated rings. The Morgan fingerprint density at radius 3 is 2.00 bits per heavy atom. The van der Waals surface area contributed by atoms with Crippen molar-refractivity contribution in [3.63, 3.8) is 0 Å². The van der Waals surface area contributed by atoms with Crippen LogP contribution in [0.25, 0.3) is 0 Å². The first-order valence-corrected chi connectivity index (χ1v) is 3.80. The van der Waals surface area contributed by atoms with E-state index in [0.29, 0.717) is 12.1 Å². The topological polar surface area (TPSA) is 3.24 Å². The van der Waals surface area contributed by atoms with Crippen LogP contribution in [0, 0.1) is 7.05 Å². The molecule has 2 unspecified atom stereocenters. The van der Waals surface area contributed by atoms with Gasteiger partial charge in [-0.25, -0.2) is 0 Å². The number of hydrogen-bond donors (Lipinski definition) is 0. The molecule has 53 valence electrons. The fourth-order valence-electron chi connectivity index (χ4n) is 1.47. The Bertz CT molecular complexity index is 80.6. The fourth-order valence-corrected chi connectivity index (χ4v) is 1.47. The fraction of sp³-hybridized carbons (Fsp3) is 0.875. The van der Waals surface area contributed by atoms with Gasteiger partial charge < -0.3 is 0 Å². The van der Waals surface area contributed by atoms with E-state index >= 15 is 0 Å². The summed E-state index contributed by atoms with van der Waals surface area (Å²) < 4.78 is 0. The van der Waals surface area contributed by atoms with E-state index in [2.05, 4.69) is 25.8 Å². The van der Waals surface area contributed by atoms with E-state index in [-0.39, 0.29) is 0 Å². The van der Waals surface area contributed by atoms with Gasteiger partial charge in [0.05, 0.1) is 0 Å². The molecule has 0 amide bonds. The quantitative estimate of drug-likeness (QED) is 0.480. The van der Waals surface area contributed by atoms with Gasteiger partial charge in [0.2, 0.25) is 0 Å². The molecule has 0 spiro atoms. The summed E-state index contributed by atoms with van der Waals surface area (Å²) in [6, 6.07) is 1.41. The second kappa shape index (κ2) is 2.70. The highest BCUT2D eigenvalue weighted by Crippen LogP contribution is 2.20.